The number of allylic oxidation sites excluding steroid dienone is 2. The molecule has 2 aliphatic heterocycles. The Labute approximate surface area is 119 Å². The van der Waals surface area contributed by atoms with Crippen LogP contribution in [0.15, 0.2) is 36.5 Å². The first-order valence-electron chi connectivity index (χ1n) is 6.70. The number of hydrogen-bond donors (Lipinski definition) is 1. The SMILES string of the molecule is C=C/C=C1\C(=C)CN(C2CCC(=O)NC2=O)C1=O.CC. The van der Waals surface area contributed by atoms with Crippen LogP contribution in [-0.4, -0.2) is 35.2 Å². The molecule has 0 bridgehead atoms. The average molecular weight is 276 g/mol. The minimum Gasteiger partial charge on any atom is -0.322 e. The van der Waals surface area contributed by atoms with Gasteiger partial charge in [0.1, 0.15) is 6.04 Å². The molecule has 2 heterocycles. The Morgan fingerprint density at radius 1 is 1.30 bits per heavy atom. The number of carbonyl (C=O) groups excluding carboxylic acids is 3. The molecule has 3 amide bonds. The lowest BCUT2D eigenvalue weighted by Gasteiger charge is -2.28. The van der Waals surface area contributed by atoms with Crippen LogP contribution < -0.4 is 5.32 Å². The fourth-order valence-corrected chi connectivity index (χ4v) is 2.21. The summed E-state index contributed by atoms with van der Waals surface area (Å²) in [6, 6.07) is -0.581. The summed E-state index contributed by atoms with van der Waals surface area (Å²) in [7, 11) is 0. The first-order valence-corrected chi connectivity index (χ1v) is 6.70. The molecule has 5 heteroatoms. The van der Waals surface area contributed by atoms with E-state index in [-0.39, 0.29) is 18.2 Å². The fourth-order valence-electron chi connectivity index (χ4n) is 2.21. The maximum atomic E-state index is 12.1. The normalized spacial score (nSPS) is 24.4. The number of likely N-dealkylation sites (tertiary alicyclic amines) is 1. The van der Waals surface area contributed by atoms with Gasteiger partial charge in [-0.25, -0.2) is 0 Å². The number of hydrogen-bond acceptors (Lipinski definition) is 3. The molecule has 20 heavy (non-hydrogen) atoms. The van der Waals surface area contributed by atoms with Gasteiger partial charge in [-0.05, 0) is 18.1 Å². The van der Waals surface area contributed by atoms with Gasteiger partial charge in [0.2, 0.25) is 11.8 Å². The third kappa shape index (κ3) is 3.04. The Morgan fingerprint density at radius 3 is 2.50 bits per heavy atom. The lowest BCUT2D eigenvalue weighted by atomic mass is 10.0. The summed E-state index contributed by atoms with van der Waals surface area (Å²) in [5, 5.41) is 2.25. The molecule has 2 saturated heterocycles. The largest absolute Gasteiger partial charge is 0.322 e. The molecule has 2 aliphatic rings. The Balaban J connectivity index is 0.000000956. The zero-order chi connectivity index (χ0) is 15.3. The van der Waals surface area contributed by atoms with Gasteiger partial charge in [0.15, 0.2) is 0 Å². The van der Waals surface area contributed by atoms with E-state index in [0.717, 1.165) is 0 Å². The van der Waals surface area contributed by atoms with E-state index in [0.29, 0.717) is 24.1 Å². The van der Waals surface area contributed by atoms with Gasteiger partial charge in [-0.3, -0.25) is 19.7 Å². The predicted octanol–water partition coefficient (Wildman–Crippen LogP) is 1.33. The molecular weight excluding hydrogens is 256 g/mol. The van der Waals surface area contributed by atoms with Crippen molar-refractivity contribution >= 4 is 17.7 Å². The number of nitrogens with zero attached hydrogens (tertiary/aromatic N) is 1. The van der Waals surface area contributed by atoms with Gasteiger partial charge in [0, 0.05) is 18.5 Å². The predicted molar refractivity (Wildman–Crippen MR) is 76.7 cm³/mol. The van der Waals surface area contributed by atoms with E-state index < -0.39 is 11.9 Å². The summed E-state index contributed by atoms with van der Waals surface area (Å²) < 4.78 is 0. The summed E-state index contributed by atoms with van der Waals surface area (Å²) in [4.78, 5) is 36.4. The molecule has 0 aliphatic carbocycles. The number of nitrogens with one attached hydrogen (secondary N) is 1. The highest BCUT2D eigenvalue weighted by Crippen LogP contribution is 2.26. The number of rotatable bonds is 2. The minimum absolute atomic E-state index is 0.227. The number of carbonyl (C=O) groups is 3. The molecule has 0 aromatic carbocycles. The van der Waals surface area contributed by atoms with E-state index in [1.165, 1.54) is 11.0 Å². The molecule has 0 radical (unpaired) electrons. The summed E-state index contributed by atoms with van der Waals surface area (Å²) in [6.07, 6.45) is 3.74. The molecule has 0 aromatic heterocycles. The van der Waals surface area contributed by atoms with Crippen LogP contribution in [0, 0.1) is 0 Å². The van der Waals surface area contributed by atoms with Crippen LogP contribution in [0.4, 0.5) is 0 Å². The van der Waals surface area contributed by atoms with Crippen LogP contribution in [0.1, 0.15) is 26.7 Å². The lowest BCUT2D eigenvalue weighted by molar-refractivity contribution is -0.142. The minimum atomic E-state index is -0.581. The van der Waals surface area contributed by atoms with E-state index in [1.807, 2.05) is 13.8 Å². The molecule has 0 spiro atoms. The Bertz CT molecular complexity index is 491. The number of amides is 3. The topological polar surface area (TPSA) is 66.5 Å². The van der Waals surface area contributed by atoms with Gasteiger partial charge in [-0.1, -0.05) is 33.1 Å². The van der Waals surface area contributed by atoms with Crippen molar-refractivity contribution in [2.45, 2.75) is 32.7 Å². The quantitative estimate of drug-likeness (QED) is 0.611. The van der Waals surface area contributed by atoms with Gasteiger partial charge in [-0.15, -0.1) is 0 Å². The summed E-state index contributed by atoms with van der Waals surface area (Å²) in [5.74, 6) is -0.926. The van der Waals surface area contributed by atoms with Crippen LogP contribution in [0.2, 0.25) is 0 Å². The molecule has 0 saturated carbocycles. The van der Waals surface area contributed by atoms with Crippen LogP contribution >= 0.6 is 0 Å². The van der Waals surface area contributed by atoms with Crippen molar-refractivity contribution in [2.24, 2.45) is 0 Å². The molecule has 1 unspecified atom stereocenters. The van der Waals surface area contributed by atoms with E-state index >= 15 is 0 Å². The van der Waals surface area contributed by atoms with Crippen molar-refractivity contribution in [3.05, 3.63) is 36.5 Å². The van der Waals surface area contributed by atoms with E-state index in [2.05, 4.69) is 18.5 Å². The second-order valence-corrected chi connectivity index (χ2v) is 4.32. The average Bonchev–Trinajstić information content (AvgIpc) is 2.70. The second-order valence-electron chi connectivity index (χ2n) is 4.32. The van der Waals surface area contributed by atoms with Gasteiger partial charge >= 0.3 is 0 Å². The highest BCUT2D eigenvalue weighted by Gasteiger charge is 2.39. The van der Waals surface area contributed by atoms with Crippen LogP contribution in [-0.2, 0) is 14.4 Å². The zero-order valence-corrected chi connectivity index (χ0v) is 11.9. The van der Waals surface area contributed by atoms with Crippen LogP contribution in [0.5, 0.6) is 0 Å². The zero-order valence-electron chi connectivity index (χ0n) is 11.9. The third-order valence-corrected chi connectivity index (χ3v) is 3.10. The van der Waals surface area contributed by atoms with Gasteiger partial charge in [0.25, 0.3) is 5.91 Å². The molecule has 1 atom stereocenters. The molecule has 0 aromatic rings. The van der Waals surface area contributed by atoms with E-state index in [4.69, 9.17) is 0 Å². The number of piperidine rings is 1. The maximum Gasteiger partial charge on any atom is 0.255 e. The van der Waals surface area contributed by atoms with Gasteiger partial charge < -0.3 is 4.90 Å². The summed E-state index contributed by atoms with van der Waals surface area (Å²) >= 11 is 0. The molecule has 2 rings (SSSR count). The molecule has 2 fully saturated rings. The Morgan fingerprint density at radius 2 is 1.95 bits per heavy atom. The highest BCUT2D eigenvalue weighted by atomic mass is 16.2. The standard InChI is InChI=1S/C13H14N2O3.C2H6/c1-3-4-9-8(2)7-15(13(9)18)10-5-6-11(16)14-12(10)17;1-2/h3-4,10H,1-2,5-7H2,(H,14,16,17);1-2H3/b9-4+;. The van der Waals surface area contributed by atoms with Crippen molar-refractivity contribution in [1.82, 2.24) is 10.2 Å². The molecule has 1 N–H and O–H groups in total. The van der Waals surface area contributed by atoms with E-state index in [9.17, 15) is 14.4 Å². The maximum absolute atomic E-state index is 12.1. The third-order valence-electron chi connectivity index (χ3n) is 3.10. The monoisotopic (exact) mass is 276 g/mol. The summed E-state index contributed by atoms with van der Waals surface area (Å²) in [6.45, 7) is 11.7. The molecule has 5 nitrogen and oxygen atoms in total. The van der Waals surface area contributed by atoms with Crippen molar-refractivity contribution in [3.63, 3.8) is 0 Å². The molecule has 108 valence electrons. The first-order chi connectivity index (χ1) is 9.54. The van der Waals surface area contributed by atoms with Crippen molar-refractivity contribution in [1.29, 1.82) is 0 Å². The number of imide groups is 1. The van der Waals surface area contributed by atoms with Gasteiger partial charge in [-0.2, -0.15) is 0 Å². The summed E-state index contributed by atoms with van der Waals surface area (Å²) in [5.41, 5.74) is 1.15. The highest BCUT2D eigenvalue weighted by molar-refractivity contribution is 6.06. The fraction of sp³-hybridized carbons (Fsp3) is 0.400. The second kappa shape index (κ2) is 6.84. The van der Waals surface area contributed by atoms with Gasteiger partial charge in [0.05, 0.1) is 0 Å². The van der Waals surface area contributed by atoms with Crippen LogP contribution in [0.3, 0.4) is 0 Å². The smallest absolute Gasteiger partial charge is 0.255 e. The van der Waals surface area contributed by atoms with Crippen molar-refractivity contribution < 1.29 is 14.4 Å². The van der Waals surface area contributed by atoms with E-state index in [1.54, 1.807) is 6.08 Å². The van der Waals surface area contributed by atoms with Crippen molar-refractivity contribution in [2.75, 3.05) is 6.54 Å². The van der Waals surface area contributed by atoms with Crippen molar-refractivity contribution in [3.8, 4) is 0 Å². The van der Waals surface area contributed by atoms with Crippen LogP contribution in [0.25, 0.3) is 0 Å². The lowest BCUT2D eigenvalue weighted by Crippen LogP contribution is -2.52. The molecular formula is C15H20N2O3. The first kappa shape index (κ1) is 15.9. The Kier molecular flexibility index (Phi) is 5.43. The Hall–Kier alpha value is -2.17.